The molecule has 0 bridgehead atoms. The van der Waals surface area contributed by atoms with Crippen LogP contribution in [0.1, 0.15) is 46.5 Å². The molecule has 1 unspecified atom stereocenters. The molecule has 0 aromatic rings. The Balaban J connectivity index is 3.61. The van der Waals surface area contributed by atoms with Crippen LogP contribution in [0.5, 0.6) is 0 Å². The number of nitrogens with zero attached hydrogens (tertiary/aromatic N) is 1. The van der Waals surface area contributed by atoms with Gasteiger partial charge in [-0.25, -0.2) is 0 Å². The second-order valence-electron chi connectivity index (χ2n) is 5.03. The highest BCUT2D eigenvalue weighted by Crippen LogP contribution is 2.20. The summed E-state index contributed by atoms with van der Waals surface area (Å²) in [4.78, 5) is 2.43. The molecule has 1 atom stereocenters. The summed E-state index contributed by atoms with van der Waals surface area (Å²) in [5.74, 6) is 1.61. The van der Waals surface area contributed by atoms with Crippen LogP contribution in [0, 0.1) is 11.8 Å². The molecule has 0 saturated carbocycles. The Morgan fingerprint density at radius 1 is 1.13 bits per heavy atom. The van der Waals surface area contributed by atoms with Gasteiger partial charge in [0, 0.05) is 0 Å². The standard InChI is InChI=1S/C13H30N2/c1-5-10-15(4)11-6-7-13(8-9-14)12(2)3/h12-13H,5-11,14H2,1-4H3. The quantitative estimate of drug-likeness (QED) is 0.639. The van der Waals surface area contributed by atoms with E-state index in [0.29, 0.717) is 0 Å². The Morgan fingerprint density at radius 3 is 2.27 bits per heavy atom. The number of nitrogens with two attached hydrogens (primary N) is 1. The van der Waals surface area contributed by atoms with E-state index in [4.69, 9.17) is 5.73 Å². The van der Waals surface area contributed by atoms with Crippen molar-refractivity contribution in [2.45, 2.75) is 46.5 Å². The van der Waals surface area contributed by atoms with Gasteiger partial charge in [-0.15, -0.1) is 0 Å². The Hall–Kier alpha value is -0.0800. The number of rotatable bonds is 9. The van der Waals surface area contributed by atoms with Crippen LogP contribution in [0.2, 0.25) is 0 Å². The van der Waals surface area contributed by atoms with Crippen LogP contribution in [0.4, 0.5) is 0 Å². The monoisotopic (exact) mass is 214 g/mol. The van der Waals surface area contributed by atoms with E-state index in [1.165, 1.54) is 38.8 Å². The summed E-state index contributed by atoms with van der Waals surface area (Å²) in [6.45, 7) is 10.2. The van der Waals surface area contributed by atoms with Crippen LogP contribution in [0.15, 0.2) is 0 Å². The van der Waals surface area contributed by atoms with Crippen molar-refractivity contribution in [2.75, 3.05) is 26.7 Å². The van der Waals surface area contributed by atoms with E-state index in [9.17, 15) is 0 Å². The van der Waals surface area contributed by atoms with Crippen molar-refractivity contribution in [2.24, 2.45) is 17.6 Å². The first-order valence-corrected chi connectivity index (χ1v) is 6.50. The van der Waals surface area contributed by atoms with Crippen LogP contribution in [-0.4, -0.2) is 31.6 Å². The molecule has 0 saturated heterocycles. The summed E-state index contributed by atoms with van der Waals surface area (Å²) < 4.78 is 0. The van der Waals surface area contributed by atoms with E-state index >= 15 is 0 Å². The van der Waals surface area contributed by atoms with Gasteiger partial charge >= 0.3 is 0 Å². The third-order valence-corrected chi connectivity index (χ3v) is 3.20. The third kappa shape index (κ3) is 7.80. The maximum Gasteiger partial charge on any atom is -0.00217 e. The molecule has 0 rings (SSSR count). The summed E-state index contributed by atoms with van der Waals surface area (Å²) in [5.41, 5.74) is 5.64. The number of hydrogen-bond donors (Lipinski definition) is 1. The molecule has 15 heavy (non-hydrogen) atoms. The van der Waals surface area contributed by atoms with E-state index in [2.05, 4.69) is 32.7 Å². The van der Waals surface area contributed by atoms with E-state index in [0.717, 1.165) is 18.4 Å². The molecule has 0 radical (unpaired) electrons. The van der Waals surface area contributed by atoms with Crippen LogP contribution in [0.25, 0.3) is 0 Å². The van der Waals surface area contributed by atoms with E-state index in [1.54, 1.807) is 0 Å². The lowest BCUT2D eigenvalue weighted by Crippen LogP contribution is -2.22. The largest absolute Gasteiger partial charge is 0.330 e. The topological polar surface area (TPSA) is 29.3 Å². The minimum absolute atomic E-state index is 0.782. The molecule has 0 aromatic heterocycles. The van der Waals surface area contributed by atoms with Gasteiger partial charge < -0.3 is 10.6 Å². The van der Waals surface area contributed by atoms with Crippen LogP contribution < -0.4 is 5.73 Å². The van der Waals surface area contributed by atoms with Crippen molar-refractivity contribution < 1.29 is 0 Å². The average Bonchev–Trinajstić information content (AvgIpc) is 2.16. The highest BCUT2D eigenvalue weighted by Gasteiger charge is 2.12. The summed E-state index contributed by atoms with van der Waals surface area (Å²) in [7, 11) is 2.22. The highest BCUT2D eigenvalue weighted by atomic mass is 15.1. The second-order valence-corrected chi connectivity index (χ2v) is 5.03. The predicted octanol–water partition coefficient (Wildman–Crippen LogP) is 2.73. The van der Waals surface area contributed by atoms with Gasteiger partial charge in [-0.2, -0.15) is 0 Å². The van der Waals surface area contributed by atoms with Gasteiger partial charge in [-0.05, 0) is 64.2 Å². The zero-order valence-electron chi connectivity index (χ0n) is 11.1. The molecule has 0 aliphatic rings. The van der Waals surface area contributed by atoms with Gasteiger partial charge in [0.2, 0.25) is 0 Å². The smallest absolute Gasteiger partial charge is 0.00217 e. The van der Waals surface area contributed by atoms with Crippen molar-refractivity contribution >= 4 is 0 Å². The summed E-state index contributed by atoms with van der Waals surface area (Å²) in [6.07, 6.45) is 5.10. The Kier molecular flexibility index (Phi) is 9.12. The lowest BCUT2D eigenvalue weighted by Gasteiger charge is -2.22. The molecule has 0 aliphatic heterocycles. The molecular weight excluding hydrogens is 184 g/mol. The fourth-order valence-electron chi connectivity index (χ4n) is 2.14. The van der Waals surface area contributed by atoms with Crippen LogP contribution >= 0.6 is 0 Å². The average molecular weight is 214 g/mol. The Bertz CT molecular complexity index is 134. The molecule has 0 aliphatic carbocycles. The molecule has 0 heterocycles. The zero-order chi connectivity index (χ0) is 11.7. The van der Waals surface area contributed by atoms with Crippen LogP contribution in [-0.2, 0) is 0 Å². The fourth-order valence-corrected chi connectivity index (χ4v) is 2.14. The van der Waals surface area contributed by atoms with E-state index in [1.807, 2.05) is 0 Å². The van der Waals surface area contributed by atoms with Crippen molar-refractivity contribution in [1.29, 1.82) is 0 Å². The molecular formula is C13H30N2. The molecule has 2 heteroatoms. The molecule has 92 valence electrons. The SMILES string of the molecule is CCCN(C)CCCC(CCN)C(C)C. The summed E-state index contributed by atoms with van der Waals surface area (Å²) in [5, 5.41) is 0. The van der Waals surface area contributed by atoms with Gasteiger partial charge in [0.15, 0.2) is 0 Å². The van der Waals surface area contributed by atoms with Crippen molar-refractivity contribution in [1.82, 2.24) is 4.90 Å². The maximum absolute atomic E-state index is 5.64. The molecule has 0 spiro atoms. The Morgan fingerprint density at radius 2 is 1.80 bits per heavy atom. The number of hydrogen-bond acceptors (Lipinski definition) is 2. The maximum atomic E-state index is 5.64. The Labute approximate surface area is 96.2 Å². The molecule has 0 fully saturated rings. The second kappa shape index (κ2) is 9.17. The van der Waals surface area contributed by atoms with Crippen molar-refractivity contribution in [3.8, 4) is 0 Å². The lowest BCUT2D eigenvalue weighted by molar-refractivity contribution is 0.283. The molecule has 0 aromatic carbocycles. The zero-order valence-corrected chi connectivity index (χ0v) is 11.1. The van der Waals surface area contributed by atoms with Crippen molar-refractivity contribution in [3.05, 3.63) is 0 Å². The predicted molar refractivity (Wildman–Crippen MR) is 69.0 cm³/mol. The molecule has 2 N–H and O–H groups in total. The molecule has 0 amide bonds. The summed E-state index contributed by atoms with van der Waals surface area (Å²) >= 11 is 0. The summed E-state index contributed by atoms with van der Waals surface area (Å²) in [6, 6.07) is 0. The van der Waals surface area contributed by atoms with Gasteiger partial charge in [-0.1, -0.05) is 20.8 Å². The first kappa shape index (κ1) is 14.9. The van der Waals surface area contributed by atoms with E-state index in [-0.39, 0.29) is 0 Å². The van der Waals surface area contributed by atoms with Gasteiger partial charge in [0.05, 0.1) is 0 Å². The minimum atomic E-state index is 0.782. The highest BCUT2D eigenvalue weighted by molar-refractivity contribution is 4.65. The first-order valence-electron chi connectivity index (χ1n) is 6.50. The van der Waals surface area contributed by atoms with Crippen LogP contribution in [0.3, 0.4) is 0 Å². The van der Waals surface area contributed by atoms with E-state index < -0.39 is 0 Å². The first-order chi connectivity index (χ1) is 7.11. The minimum Gasteiger partial charge on any atom is -0.330 e. The fraction of sp³-hybridized carbons (Fsp3) is 1.00. The van der Waals surface area contributed by atoms with Gasteiger partial charge in [0.1, 0.15) is 0 Å². The molecule has 2 nitrogen and oxygen atoms in total. The third-order valence-electron chi connectivity index (χ3n) is 3.20. The van der Waals surface area contributed by atoms with Gasteiger partial charge in [0.25, 0.3) is 0 Å². The lowest BCUT2D eigenvalue weighted by atomic mass is 9.88. The normalized spacial score (nSPS) is 13.8. The van der Waals surface area contributed by atoms with Crippen molar-refractivity contribution in [3.63, 3.8) is 0 Å². The van der Waals surface area contributed by atoms with Gasteiger partial charge in [-0.3, -0.25) is 0 Å².